The van der Waals surface area contributed by atoms with Gasteiger partial charge in [-0.3, -0.25) is 0 Å². The smallest absolute Gasteiger partial charge is 0.0817 e. The van der Waals surface area contributed by atoms with Crippen LogP contribution in [-0.2, 0) is 0 Å². The van der Waals surface area contributed by atoms with E-state index in [2.05, 4.69) is 17.6 Å². The topological polar surface area (TPSA) is 44.3 Å². The van der Waals surface area contributed by atoms with E-state index in [0.29, 0.717) is 6.04 Å². The Morgan fingerprint density at radius 1 is 1.54 bits per heavy atom. The minimum atomic E-state index is -0.216. The van der Waals surface area contributed by atoms with E-state index < -0.39 is 0 Å². The highest BCUT2D eigenvalue weighted by atomic mass is 16.3. The average molecular weight is 186 g/mol. The lowest BCUT2D eigenvalue weighted by Gasteiger charge is -2.28. The molecule has 0 aromatic carbocycles. The van der Waals surface area contributed by atoms with Crippen molar-refractivity contribution in [1.29, 1.82) is 0 Å². The quantitative estimate of drug-likeness (QED) is 0.548. The van der Waals surface area contributed by atoms with Crippen LogP contribution in [-0.4, -0.2) is 36.9 Å². The summed E-state index contributed by atoms with van der Waals surface area (Å²) in [6.45, 7) is 4.93. The van der Waals surface area contributed by atoms with Gasteiger partial charge >= 0.3 is 0 Å². The zero-order chi connectivity index (χ0) is 9.52. The molecular formula is C10H22N2O. The molecule has 2 unspecified atom stereocenters. The Bertz CT molecular complexity index is 124. The molecule has 1 fully saturated rings. The predicted molar refractivity (Wildman–Crippen MR) is 54.8 cm³/mol. The third-order valence-corrected chi connectivity index (χ3v) is 2.59. The summed E-state index contributed by atoms with van der Waals surface area (Å²) in [4.78, 5) is 0. The number of aliphatic hydroxyl groups excluding tert-OH is 1. The van der Waals surface area contributed by atoms with Crippen molar-refractivity contribution in [2.75, 3.05) is 19.6 Å². The minimum absolute atomic E-state index is 0.216. The van der Waals surface area contributed by atoms with Crippen molar-refractivity contribution >= 4 is 0 Å². The van der Waals surface area contributed by atoms with Gasteiger partial charge in [0.15, 0.2) is 0 Å². The number of hydrogen-bond acceptors (Lipinski definition) is 3. The lowest BCUT2D eigenvalue weighted by atomic mass is 10.00. The third kappa shape index (κ3) is 4.07. The fraction of sp³-hybridized carbons (Fsp3) is 1.00. The van der Waals surface area contributed by atoms with Crippen LogP contribution in [0.25, 0.3) is 0 Å². The Kier molecular flexibility index (Phi) is 5.35. The van der Waals surface area contributed by atoms with Crippen molar-refractivity contribution in [2.45, 2.75) is 44.8 Å². The molecule has 1 saturated heterocycles. The lowest BCUT2D eigenvalue weighted by Crippen LogP contribution is -2.47. The Morgan fingerprint density at radius 2 is 2.38 bits per heavy atom. The maximum atomic E-state index is 9.78. The second-order valence-corrected chi connectivity index (χ2v) is 3.83. The summed E-state index contributed by atoms with van der Waals surface area (Å²) in [5.74, 6) is 0. The summed E-state index contributed by atoms with van der Waals surface area (Å²) < 4.78 is 0. The zero-order valence-electron chi connectivity index (χ0n) is 8.55. The second-order valence-electron chi connectivity index (χ2n) is 3.83. The molecule has 0 aromatic heterocycles. The molecule has 1 rings (SSSR count). The predicted octanol–water partition coefficient (Wildman–Crippen LogP) is 0.489. The normalized spacial score (nSPS) is 25.8. The minimum Gasteiger partial charge on any atom is -0.390 e. The zero-order valence-corrected chi connectivity index (χ0v) is 8.55. The molecule has 0 bridgehead atoms. The molecule has 0 saturated carbocycles. The summed E-state index contributed by atoms with van der Waals surface area (Å²) in [5, 5.41) is 16.4. The Morgan fingerprint density at radius 3 is 3.00 bits per heavy atom. The van der Waals surface area contributed by atoms with Crippen molar-refractivity contribution in [3.63, 3.8) is 0 Å². The molecule has 13 heavy (non-hydrogen) atoms. The highest BCUT2D eigenvalue weighted by Crippen LogP contribution is 2.09. The van der Waals surface area contributed by atoms with Crippen LogP contribution in [0.1, 0.15) is 32.6 Å². The van der Waals surface area contributed by atoms with Crippen molar-refractivity contribution in [2.24, 2.45) is 0 Å². The van der Waals surface area contributed by atoms with E-state index in [0.717, 1.165) is 32.5 Å². The molecule has 1 heterocycles. The van der Waals surface area contributed by atoms with Crippen LogP contribution in [0, 0.1) is 0 Å². The van der Waals surface area contributed by atoms with Crippen molar-refractivity contribution in [1.82, 2.24) is 10.6 Å². The summed E-state index contributed by atoms with van der Waals surface area (Å²) in [7, 11) is 0. The standard InChI is InChI=1S/C10H22N2O/c1-2-6-11-8-10(13)9-5-3-4-7-12-9/h9-13H,2-8H2,1H3. The number of rotatable bonds is 5. The summed E-state index contributed by atoms with van der Waals surface area (Å²) >= 11 is 0. The molecule has 2 atom stereocenters. The van der Waals surface area contributed by atoms with Crippen LogP contribution >= 0.6 is 0 Å². The highest BCUT2D eigenvalue weighted by molar-refractivity contribution is 4.80. The number of nitrogens with one attached hydrogen (secondary N) is 2. The van der Waals surface area contributed by atoms with Gasteiger partial charge in [-0.15, -0.1) is 0 Å². The summed E-state index contributed by atoms with van der Waals surface area (Å²) in [6, 6.07) is 0.318. The van der Waals surface area contributed by atoms with E-state index in [4.69, 9.17) is 0 Å². The first-order valence-electron chi connectivity index (χ1n) is 5.46. The van der Waals surface area contributed by atoms with Crippen LogP contribution in [0.3, 0.4) is 0 Å². The molecule has 0 radical (unpaired) electrons. The van der Waals surface area contributed by atoms with E-state index in [9.17, 15) is 5.11 Å². The molecule has 3 nitrogen and oxygen atoms in total. The first-order chi connectivity index (χ1) is 6.34. The summed E-state index contributed by atoms with van der Waals surface area (Å²) in [5.41, 5.74) is 0. The molecular weight excluding hydrogens is 164 g/mol. The number of piperidine rings is 1. The largest absolute Gasteiger partial charge is 0.390 e. The van der Waals surface area contributed by atoms with Gasteiger partial charge < -0.3 is 15.7 Å². The van der Waals surface area contributed by atoms with Gasteiger partial charge in [-0.1, -0.05) is 13.3 Å². The van der Waals surface area contributed by atoms with Crippen molar-refractivity contribution < 1.29 is 5.11 Å². The van der Waals surface area contributed by atoms with Crippen LogP contribution in [0.15, 0.2) is 0 Å². The van der Waals surface area contributed by atoms with Gasteiger partial charge in [-0.05, 0) is 32.4 Å². The maximum Gasteiger partial charge on any atom is 0.0817 e. The summed E-state index contributed by atoms with van der Waals surface area (Å²) in [6.07, 6.45) is 4.54. The van der Waals surface area contributed by atoms with Gasteiger partial charge in [0.25, 0.3) is 0 Å². The van der Waals surface area contributed by atoms with Crippen molar-refractivity contribution in [3.8, 4) is 0 Å². The van der Waals surface area contributed by atoms with Gasteiger partial charge in [0, 0.05) is 12.6 Å². The molecule has 0 amide bonds. The van der Waals surface area contributed by atoms with E-state index in [1.165, 1.54) is 12.8 Å². The third-order valence-electron chi connectivity index (χ3n) is 2.59. The lowest BCUT2D eigenvalue weighted by molar-refractivity contribution is 0.112. The number of aliphatic hydroxyl groups is 1. The van der Waals surface area contributed by atoms with E-state index >= 15 is 0 Å². The van der Waals surface area contributed by atoms with Crippen LogP contribution < -0.4 is 10.6 Å². The van der Waals surface area contributed by atoms with Gasteiger partial charge in [-0.2, -0.15) is 0 Å². The first kappa shape index (κ1) is 11.0. The molecule has 3 N–H and O–H groups in total. The fourth-order valence-electron chi connectivity index (χ4n) is 1.78. The molecule has 1 aliphatic rings. The highest BCUT2D eigenvalue weighted by Gasteiger charge is 2.20. The van der Waals surface area contributed by atoms with Gasteiger partial charge in [0.2, 0.25) is 0 Å². The molecule has 1 aliphatic heterocycles. The van der Waals surface area contributed by atoms with Crippen LogP contribution in [0.2, 0.25) is 0 Å². The Hall–Kier alpha value is -0.120. The first-order valence-corrected chi connectivity index (χ1v) is 5.46. The van der Waals surface area contributed by atoms with E-state index in [1.54, 1.807) is 0 Å². The average Bonchev–Trinajstić information content (AvgIpc) is 2.19. The van der Waals surface area contributed by atoms with Crippen LogP contribution in [0.5, 0.6) is 0 Å². The fourth-order valence-corrected chi connectivity index (χ4v) is 1.78. The van der Waals surface area contributed by atoms with E-state index in [1.807, 2.05) is 0 Å². The monoisotopic (exact) mass is 186 g/mol. The molecule has 3 heteroatoms. The van der Waals surface area contributed by atoms with E-state index in [-0.39, 0.29) is 6.10 Å². The second kappa shape index (κ2) is 6.35. The number of hydrogen-bond donors (Lipinski definition) is 3. The van der Waals surface area contributed by atoms with Crippen molar-refractivity contribution in [3.05, 3.63) is 0 Å². The van der Waals surface area contributed by atoms with Gasteiger partial charge in [0.1, 0.15) is 0 Å². The SMILES string of the molecule is CCCNCC(O)C1CCCCN1. The Labute approximate surface area is 80.9 Å². The molecule has 0 spiro atoms. The molecule has 78 valence electrons. The molecule has 0 aromatic rings. The van der Waals surface area contributed by atoms with Gasteiger partial charge in [-0.25, -0.2) is 0 Å². The maximum absolute atomic E-state index is 9.78. The van der Waals surface area contributed by atoms with Crippen LogP contribution in [0.4, 0.5) is 0 Å². The van der Waals surface area contributed by atoms with Gasteiger partial charge in [0.05, 0.1) is 6.10 Å². The molecule has 0 aliphatic carbocycles. The Balaban J connectivity index is 2.09.